The van der Waals surface area contributed by atoms with E-state index in [1.54, 1.807) is 6.92 Å². The van der Waals surface area contributed by atoms with Crippen molar-refractivity contribution in [2.75, 3.05) is 6.61 Å². The maximum absolute atomic E-state index is 12.0. The average Bonchev–Trinajstić information content (AvgIpc) is 2.17. The third-order valence-electron chi connectivity index (χ3n) is 1.52. The van der Waals surface area contributed by atoms with Crippen LogP contribution in [0.25, 0.3) is 0 Å². The lowest BCUT2D eigenvalue weighted by atomic mass is 10.3. The van der Waals surface area contributed by atoms with E-state index in [0.717, 1.165) is 0 Å². The molecule has 0 saturated carbocycles. The van der Waals surface area contributed by atoms with Gasteiger partial charge in [0.05, 0.1) is 11.6 Å². The molecular formula is C9H8Cl2F2O2. The van der Waals surface area contributed by atoms with Gasteiger partial charge in [-0.25, -0.2) is 0 Å². The van der Waals surface area contributed by atoms with E-state index in [-0.39, 0.29) is 21.5 Å². The molecule has 0 amide bonds. The first-order valence-corrected chi connectivity index (χ1v) is 4.87. The van der Waals surface area contributed by atoms with E-state index in [4.69, 9.17) is 27.9 Å². The highest BCUT2D eigenvalue weighted by Crippen LogP contribution is 2.40. The minimum absolute atomic E-state index is 0.0174. The van der Waals surface area contributed by atoms with Gasteiger partial charge in [-0.1, -0.05) is 23.2 Å². The maximum atomic E-state index is 12.0. The molecule has 1 rings (SSSR count). The minimum Gasteiger partial charge on any atom is -0.492 e. The van der Waals surface area contributed by atoms with Gasteiger partial charge in [-0.05, 0) is 19.1 Å². The molecule has 2 nitrogen and oxygen atoms in total. The van der Waals surface area contributed by atoms with Crippen LogP contribution in [0.2, 0.25) is 10.0 Å². The fourth-order valence-electron chi connectivity index (χ4n) is 0.979. The molecule has 15 heavy (non-hydrogen) atoms. The lowest BCUT2D eigenvalue weighted by molar-refractivity contribution is -0.0498. The summed E-state index contributed by atoms with van der Waals surface area (Å²) in [6.45, 7) is -0.856. The van der Waals surface area contributed by atoms with E-state index >= 15 is 0 Å². The van der Waals surface area contributed by atoms with Gasteiger partial charge in [0.15, 0.2) is 5.75 Å². The zero-order valence-corrected chi connectivity index (χ0v) is 9.28. The van der Waals surface area contributed by atoms with E-state index < -0.39 is 6.61 Å². The Kier molecular flexibility index (Phi) is 4.42. The summed E-state index contributed by atoms with van der Waals surface area (Å²) < 4.78 is 33.3. The molecule has 1 aromatic rings. The van der Waals surface area contributed by atoms with Gasteiger partial charge in [-0.2, -0.15) is 8.78 Å². The van der Waals surface area contributed by atoms with Gasteiger partial charge in [0, 0.05) is 0 Å². The Morgan fingerprint density at radius 2 is 2.00 bits per heavy atom. The first-order valence-electron chi connectivity index (χ1n) is 4.11. The Labute approximate surface area is 95.7 Å². The highest BCUT2D eigenvalue weighted by Gasteiger charge is 2.16. The number of halogens is 4. The third-order valence-corrected chi connectivity index (χ3v) is 2.18. The molecule has 84 valence electrons. The second kappa shape index (κ2) is 5.37. The van der Waals surface area contributed by atoms with Crippen molar-refractivity contribution >= 4 is 23.2 Å². The number of ether oxygens (including phenoxy) is 2. The lowest BCUT2D eigenvalue weighted by Crippen LogP contribution is -2.04. The van der Waals surface area contributed by atoms with Gasteiger partial charge in [0.1, 0.15) is 10.8 Å². The molecule has 0 saturated heterocycles. The second-order valence-electron chi connectivity index (χ2n) is 2.50. The van der Waals surface area contributed by atoms with Crippen molar-refractivity contribution in [1.82, 2.24) is 0 Å². The Morgan fingerprint density at radius 1 is 1.33 bits per heavy atom. The van der Waals surface area contributed by atoms with Crippen molar-refractivity contribution in [3.63, 3.8) is 0 Å². The molecule has 0 aliphatic rings. The summed E-state index contributed by atoms with van der Waals surface area (Å²) in [5.74, 6) is -0.00139. The van der Waals surface area contributed by atoms with Gasteiger partial charge in [0.25, 0.3) is 0 Å². The van der Waals surface area contributed by atoms with Crippen molar-refractivity contribution in [2.24, 2.45) is 0 Å². The van der Waals surface area contributed by atoms with Crippen LogP contribution in [-0.2, 0) is 0 Å². The topological polar surface area (TPSA) is 18.5 Å². The van der Waals surface area contributed by atoms with E-state index in [2.05, 4.69) is 4.74 Å². The van der Waals surface area contributed by atoms with Crippen molar-refractivity contribution in [3.8, 4) is 11.5 Å². The average molecular weight is 257 g/mol. The molecule has 0 unspecified atom stereocenters. The fourth-order valence-corrected chi connectivity index (χ4v) is 1.49. The summed E-state index contributed by atoms with van der Waals surface area (Å²) in [7, 11) is 0. The summed E-state index contributed by atoms with van der Waals surface area (Å²) in [4.78, 5) is 0. The molecule has 0 fully saturated rings. The molecule has 0 bridgehead atoms. The number of benzene rings is 1. The van der Waals surface area contributed by atoms with E-state index in [1.165, 1.54) is 12.1 Å². The third kappa shape index (κ3) is 3.11. The molecular weight excluding hydrogens is 249 g/mol. The molecule has 0 N–H and O–H groups in total. The molecule has 0 spiro atoms. The SMILES string of the molecule is CCOc1ccc(Cl)c(OC(F)F)c1Cl. The van der Waals surface area contributed by atoms with Gasteiger partial charge in [-0.3, -0.25) is 0 Å². The summed E-state index contributed by atoms with van der Waals surface area (Å²) in [6.07, 6.45) is 0. The minimum atomic E-state index is -2.98. The zero-order valence-electron chi connectivity index (χ0n) is 7.77. The van der Waals surface area contributed by atoms with Crippen molar-refractivity contribution in [3.05, 3.63) is 22.2 Å². The van der Waals surface area contributed by atoms with Crippen molar-refractivity contribution in [1.29, 1.82) is 0 Å². The highest BCUT2D eigenvalue weighted by molar-refractivity contribution is 6.38. The van der Waals surface area contributed by atoms with Crippen LogP contribution in [0.15, 0.2) is 12.1 Å². The largest absolute Gasteiger partial charge is 0.492 e. The monoisotopic (exact) mass is 256 g/mol. The number of rotatable bonds is 4. The molecule has 0 aliphatic carbocycles. The second-order valence-corrected chi connectivity index (χ2v) is 3.29. The Balaban J connectivity index is 3.06. The summed E-state index contributed by atoms with van der Waals surface area (Å²) >= 11 is 11.4. The van der Waals surface area contributed by atoms with E-state index in [1.807, 2.05) is 0 Å². The molecule has 1 aromatic carbocycles. The van der Waals surface area contributed by atoms with Crippen LogP contribution in [0.5, 0.6) is 11.5 Å². The van der Waals surface area contributed by atoms with Crippen molar-refractivity contribution < 1.29 is 18.3 Å². The van der Waals surface area contributed by atoms with Gasteiger partial charge >= 0.3 is 6.61 Å². The van der Waals surface area contributed by atoms with Crippen LogP contribution in [0.4, 0.5) is 8.78 Å². The molecule has 0 heterocycles. The van der Waals surface area contributed by atoms with Gasteiger partial charge in [-0.15, -0.1) is 0 Å². The van der Waals surface area contributed by atoms with Crippen molar-refractivity contribution in [2.45, 2.75) is 13.5 Å². The van der Waals surface area contributed by atoms with Gasteiger partial charge in [0.2, 0.25) is 0 Å². The number of hydrogen-bond acceptors (Lipinski definition) is 2. The summed E-state index contributed by atoms with van der Waals surface area (Å²) in [5, 5.41) is -0.0339. The fraction of sp³-hybridized carbons (Fsp3) is 0.333. The molecule has 0 radical (unpaired) electrons. The molecule has 0 aromatic heterocycles. The summed E-state index contributed by atoms with van der Waals surface area (Å²) in [6, 6.07) is 2.88. The van der Waals surface area contributed by atoms with Crippen LogP contribution < -0.4 is 9.47 Å². The Bertz CT molecular complexity index is 345. The van der Waals surface area contributed by atoms with E-state index in [9.17, 15) is 8.78 Å². The first kappa shape index (κ1) is 12.3. The summed E-state index contributed by atoms with van der Waals surface area (Å²) in [5.41, 5.74) is 0. The van der Waals surface area contributed by atoms with E-state index in [0.29, 0.717) is 6.61 Å². The Hall–Kier alpha value is -0.740. The molecule has 0 atom stereocenters. The van der Waals surface area contributed by atoms with Gasteiger partial charge < -0.3 is 9.47 Å². The van der Waals surface area contributed by atoms with Crippen LogP contribution in [0, 0.1) is 0 Å². The predicted molar refractivity (Wildman–Crippen MR) is 54.3 cm³/mol. The van der Waals surface area contributed by atoms with Crippen LogP contribution in [0.3, 0.4) is 0 Å². The maximum Gasteiger partial charge on any atom is 0.387 e. The first-order chi connectivity index (χ1) is 7.06. The lowest BCUT2D eigenvalue weighted by Gasteiger charge is -2.12. The smallest absolute Gasteiger partial charge is 0.387 e. The molecule has 0 aliphatic heterocycles. The highest BCUT2D eigenvalue weighted by atomic mass is 35.5. The predicted octanol–water partition coefficient (Wildman–Crippen LogP) is 3.99. The number of hydrogen-bond donors (Lipinski definition) is 0. The zero-order chi connectivity index (χ0) is 11.4. The normalized spacial score (nSPS) is 10.5. The quantitative estimate of drug-likeness (QED) is 0.811. The Morgan fingerprint density at radius 3 is 2.53 bits per heavy atom. The van der Waals surface area contributed by atoms with Crippen LogP contribution in [-0.4, -0.2) is 13.2 Å². The molecule has 6 heteroatoms. The standard InChI is InChI=1S/C9H8Cl2F2O2/c1-2-14-6-4-3-5(10)8(7(6)11)15-9(12)13/h3-4,9H,2H2,1H3. The number of alkyl halides is 2. The van der Waals surface area contributed by atoms with Crippen LogP contribution in [0.1, 0.15) is 6.92 Å². The van der Waals surface area contributed by atoms with Crippen LogP contribution >= 0.6 is 23.2 Å².